The molecule has 1 atom stereocenters. The number of halogens is 1. The number of amides is 1. The van der Waals surface area contributed by atoms with Gasteiger partial charge in [-0.2, -0.15) is 0 Å². The maximum Gasteiger partial charge on any atom is 0.263 e. The molecule has 0 aliphatic carbocycles. The van der Waals surface area contributed by atoms with E-state index in [0.717, 1.165) is 0 Å². The molecule has 1 saturated heterocycles. The molecule has 0 saturated carbocycles. The Morgan fingerprint density at radius 2 is 1.66 bits per heavy atom. The van der Waals surface area contributed by atoms with Crippen molar-refractivity contribution in [2.75, 3.05) is 11.8 Å². The number of benzene rings is 2. The predicted molar refractivity (Wildman–Crippen MR) is 124 cm³/mol. The van der Waals surface area contributed by atoms with Gasteiger partial charge in [-0.15, -0.1) is 0 Å². The van der Waals surface area contributed by atoms with Crippen LogP contribution in [0.3, 0.4) is 0 Å². The predicted octanol–water partition coefficient (Wildman–Crippen LogP) is 4.49. The number of aliphatic hydroxyl groups is 1. The molecule has 0 radical (unpaired) electrons. The molecule has 7 nitrogen and oxygen atoms in total. The van der Waals surface area contributed by atoms with Gasteiger partial charge in [0.25, 0.3) is 10.0 Å². The number of nitrogens with zero attached hydrogens (tertiary/aromatic N) is 1. The van der Waals surface area contributed by atoms with Gasteiger partial charge < -0.3 is 15.1 Å². The van der Waals surface area contributed by atoms with Crippen molar-refractivity contribution < 1.29 is 23.4 Å². The van der Waals surface area contributed by atoms with Crippen LogP contribution in [0, 0.1) is 0 Å². The summed E-state index contributed by atoms with van der Waals surface area (Å²) in [5.74, 6) is -0.104. The summed E-state index contributed by atoms with van der Waals surface area (Å²) in [5.41, 5.74) is 0.249. The zero-order chi connectivity index (χ0) is 24.0. The van der Waals surface area contributed by atoms with Gasteiger partial charge in [0.1, 0.15) is 10.6 Å². The SMILES string of the molecule is CC(C)c1cc(NS(=O)(=O)c2cc(C3(O)CCC(=O)N3C)ccc2Cl)cc(C(C)C)c1O. The molecule has 1 aliphatic rings. The fraction of sp³-hybridized carbons (Fsp3) is 0.435. The number of rotatable bonds is 6. The zero-order valence-electron chi connectivity index (χ0n) is 18.8. The average molecular weight is 481 g/mol. The maximum absolute atomic E-state index is 13.3. The third-order valence-electron chi connectivity index (χ3n) is 5.96. The van der Waals surface area contributed by atoms with Gasteiger partial charge in [-0.1, -0.05) is 45.4 Å². The van der Waals surface area contributed by atoms with Gasteiger partial charge in [-0.05, 0) is 47.2 Å². The molecular weight excluding hydrogens is 452 g/mol. The van der Waals surface area contributed by atoms with Gasteiger partial charge >= 0.3 is 0 Å². The van der Waals surface area contributed by atoms with Gasteiger partial charge in [-0.3, -0.25) is 9.52 Å². The molecule has 2 aromatic rings. The Labute approximate surface area is 194 Å². The van der Waals surface area contributed by atoms with E-state index in [1.54, 1.807) is 12.1 Å². The first-order valence-corrected chi connectivity index (χ1v) is 12.3. The van der Waals surface area contributed by atoms with Gasteiger partial charge in [0.2, 0.25) is 5.91 Å². The number of likely N-dealkylation sites (tertiary alicyclic amines) is 1. The highest BCUT2D eigenvalue weighted by atomic mass is 35.5. The Bertz CT molecular complexity index is 1130. The number of aromatic hydroxyl groups is 1. The van der Waals surface area contributed by atoms with Crippen LogP contribution in [0.25, 0.3) is 0 Å². The Morgan fingerprint density at radius 3 is 2.12 bits per heavy atom. The van der Waals surface area contributed by atoms with Crippen LogP contribution in [0.5, 0.6) is 5.75 Å². The van der Waals surface area contributed by atoms with E-state index in [1.165, 1.54) is 30.1 Å². The summed E-state index contributed by atoms with van der Waals surface area (Å²) in [5, 5.41) is 21.6. The van der Waals surface area contributed by atoms with Gasteiger partial charge in [0, 0.05) is 31.1 Å². The molecule has 1 fully saturated rings. The zero-order valence-corrected chi connectivity index (χ0v) is 20.4. The smallest absolute Gasteiger partial charge is 0.263 e. The van der Waals surface area contributed by atoms with Crippen LogP contribution in [-0.4, -0.2) is 36.5 Å². The minimum atomic E-state index is -4.13. The molecule has 0 aromatic heterocycles. The molecule has 1 heterocycles. The highest BCUT2D eigenvalue weighted by Gasteiger charge is 2.43. The summed E-state index contributed by atoms with van der Waals surface area (Å²) in [6.45, 7) is 7.66. The van der Waals surface area contributed by atoms with Gasteiger partial charge in [0.15, 0.2) is 5.72 Å². The third kappa shape index (κ3) is 4.31. The number of phenolic OH excluding ortho intramolecular Hbond substituents is 1. The van der Waals surface area contributed by atoms with E-state index >= 15 is 0 Å². The molecule has 3 rings (SSSR count). The van der Waals surface area contributed by atoms with Crippen LogP contribution in [0.4, 0.5) is 5.69 Å². The molecule has 0 bridgehead atoms. The first-order chi connectivity index (χ1) is 14.8. The van der Waals surface area contributed by atoms with E-state index in [1.807, 2.05) is 27.7 Å². The van der Waals surface area contributed by atoms with Crippen molar-refractivity contribution in [3.8, 4) is 5.75 Å². The van der Waals surface area contributed by atoms with Crippen molar-refractivity contribution in [3.05, 3.63) is 52.0 Å². The van der Waals surface area contributed by atoms with Crippen molar-refractivity contribution in [2.24, 2.45) is 0 Å². The molecule has 1 aliphatic heterocycles. The number of nitrogens with one attached hydrogen (secondary N) is 1. The lowest BCUT2D eigenvalue weighted by Crippen LogP contribution is -2.40. The van der Waals surface area contributed by atoms with Gasteiger partial charge in [0.05, 0.1) is 5.02 Å². The lowest BCUT2D eigenvalue weighted by Gasteiger charge is -2.31. The molecular formula is C23H29ClN2O5S. The van der Waals surface area contributed by atoms with Gasteiger partial charge in [-0.25, -0.2) is 8.42 Å². The molecule has 2 aromatic carbocycles. The highest BCUT2D eigenvalue weighted by molar-refractivity contribution is 7.92. The minimum absolute atomic E-state index is 0.0104. The van der Waals surface area contributed by atoms with Crippen LogP contribution in [0.1, 0.15) is 69.1 Å². The Hall–Kier alpha value is -2.29. The molecule has 1 amide bonds. The number of carbonyl (C=O) groups excluding carboxylic acids is 1. The summed E-state index contributed by atoms with van der Waals surface area (Å²) in [7, 11) is -2.65. The second-order valence-electron chi connectivity index (χ2n) is 8.83. The summed E-state index contributed by atoms with van der Waals surface area (Å²) < 4.78 is 29.1. The highest BCUT2D eigenvalue weighted by Crippen LogP contribution is 2.40. The number of phenols is 1. The van der Waals surface area contributed by atoms with Crippen LogP contribution < -0.4 is 4.72 Å². The van der Waals surface area contributed by atoms with Crippen molar-refractivity contribution >= 4 is 33.2 Å². The largest absolute Gasteiger partial charge is 0.507 e. The Kier molecular flexibility index (Phi) is 6.52. The standard InChI is InChI=1S/C23H29ClN2O5S/c1-13(2)17-11-16(12-18(14(3)4)22(17)28)25-32(30,31)20-10-15(6-7-19(20)24)23(29)9-8-21(27)26(23)5/h6-7,10-14,25,28-29H,8-9H2,1-5H3. The quantitative estimate of drug-likeness (QED) is 0.528. The fourth-order valence-electron chi connectivity index (χ4n) is 3.95. The lowest BCUT2D eigenvalue weighted by atomic mass is 9.93. The van der Waals surface area contributed by atoms with E-state index < -0.39 is 15.7 Å². The van der Waals surface area contributed by atoms with E-state index in [0.29, 0.717) is 16.8 Å². The number of carbonyl (C=O) groups is 1. The van der Waals surface area contributed by atoms with Crippen molar-refractivity contribution in [1.82, 2.24) is 4.90 Å². The lowest BCUT2D eigenvalue weighted by molar-refractivity contribution is -0.142. The molecule has 174 valence electrons. The summed E-state index contributed by atoms with van der Waals surface area (Å²) in [6.07, 6.45) is 0.323. The molecule has 1 unspecified atom stereocenters. The number of sulfonamides is 1. The van der Waals surface area contributed by atoms with Crippen molar-refractivity contribution in [2.45, 2.75) is 63.0 Å². The minimum Gasteiger partial charge on any atom is -0.507 e. The molecule has 32 heavy (non-hydrogen) atoms. The van der Waals surface area contributed by atoms with Crippen LogP contribution >= 0.6 is 11.6 Å². The van der Waals surface area contributed by atoms with Crippen LogP contribution in [0.15, 0.2) is 35.2 Å². The van der Waals surface area contributed by atoms with Crippen LogP contribution in [0.2, 0.25) is 5.02 Å². The first kappa shape index (κ1) is 24.4. The second kappa shape index (κ2) is 8.57. The monoisotopic (exact) mass is 480 g/mol. The molecule has 0 spiro atoms. The molecule has 3 N–H and O–H groups in total. The molecule has 9 heteroatoms. The van der Waals surface area contributed by atoms with E-state index in [4.69, 9.17) is 11.6 Å². The van der Waals surface area contributed by atoms with Crippen LogP contribution in [-0.2, 0) is 20.5 Å². The summed E-state index contributed by atoms with van der Waals surface area (Å²) >= 11 is 6.23. The topological polar surface area (TPSA) is 107 Å². The summed E-state index contributed by atoms with van der Waals surface area (Å²) in [4.78, 5) is 12.9. The number of hydrogen-bond donors (Lipinski definition) is 3. The third-order valence-corrected chi connectivity index (χ3v) is 7.83. The second-order valence-corrected chi connectivity index (χ2v) is 10.9. The normalized spacial score (nSPS) is 19.3. The number of anilines is 1. The van der Waals surface area contributed by atoms with E-state index in [2.05, 4.69) is 4.72 Å². The first-order valence-electron chi connectivity index (χ1n) is 10.5. The average Bonchev–Trinajstić information content (AvgIpc) is 2.97. The maximum atomic E-state index is 13.3. The fourth-order valence-corrected chi connectivity index (χ4v) is 5.52. The Balaban J connectivity index is 2.06. The Morgan fingerprint density at radius 1 is 1.09 bits per heavy atom. The van der Waals surface area contributed by atoms with E-state index in [9.17, 15) is 23.4 Å². The number of hydrogen-bond acceptors (Lipinski definition) is 5. The van der Waals surface area contributed by atoms with Crippen molar-refractivity contribution in [1.29, 1.82) is 0 Å². The van der Waals surface area contributed by atoms with Crippen molar-refractivity contribution in [3.63, 3.8) is 0 Å². The summed E-state index contributed by atoms with van der Waals surface area (Å²) in [6, 6.07) is 7.43. The van der Waals surface area contributed by atoms with E-state index in [-0.39, 0.29) is 51.8 Å².